The number of hydrogen-bond acceptors (Lipinski definition) is 3. The van der Waals surface area contributed by atoms with Gasteiger partial charge in [0.1, 0.15) is 6.10 Å². The summed E-state index contributed by atoms with van der Waals surface area (Å²) in [6.07, 6.45) is 5.16. The number of nitrogens with two attached hydrogens (primary N) is 1. The van der Waals surface area contributed by atoms with Gasteiger partial charge in [-0.2, -0.15) is 0 Å². The van der Waals surface area contributed by atoms with Gasteiger partial charge < -0.3 is 15.8 Å². The number of hydrogen-bond donors (Lipinski definition) is 2. The molecule has 3 unspecified atom stereocenters. The minimum absolute atomic E-state index is 0.0276. The van der Waals surface area contributed by atoms with Gasteiger partial charge in [0.15, 0.2) is 0 Å². The highest BCUT2D eigenvalue weighted by atomic mass is 16.5. The molecular formula is C14H28N2O2. The summed E-state index contributed by atoms with van der Waals surface area (Å²) in [5, 5.41) is 2.90. The molecule has 0 bridgehead atoms. The largest absolute Gasteiger partial charge is 0.364 e. The van der Waals surface area contributed by atoms with Crippen molar-refractivity contribution in [3.63, 3.8) is 0 Å². The molecule has 0 aliphatic heterocycles. The number of nitrogens with one attached hydrogen (secondary N) is 1. The number of amides is 1. The zero-order valence-electron chi connectivity index (χ0n) is 11.9. The summed E-state index contributed by atoms with van der Waals surface area (Å²) in [6.45, 7) is 6.66. The summed E-state index contributed by atoms with van der Waals surface area (Å²) in [5.74, 6) is 0.432. The molecule has 4 nitrogen and oxygen atoms in total. The Labute approximate surface area is 111 Å². The molecule has 1 saturated carbocycles. The molecule has 1 aliphatic rings. The Hall–Kier alpha value is -0.610. The molecule has 3 atom stereocenters. The van der Waals surface area contributed by atoms with E-state index in [9.17, 15) is 4.79 Å². The molecule has 0 aromatic carbocycles. The Bertz CT molecular complexity index is 256. The summed E-state index contributed by atoms with van der Waals surface area (Å²) in [4.78, 5) is 11.8. The van der Waals surface area contributed by atoms with Crippen LogP contribution in [0.5, 0.6) is 0 Å². The SMILES string of the molecule is CC(C)CNC(=O)C(C)OC1CCCCCC1N. The molecule has 0 saturated heterocycles. The molecule has 1 aliphatic carbocycles. The maximum absolute atomic E-state index is 11.8. The first-order chi connectivity index (χ1) is 8.50. The molecule has 106 valence electrons. The Morgan fingerprint density at radius 3 is 2.61 bits per heavy atom. The van der Waals surface area contributed by atoms with Crippen molar-refractivity contribution >= 4 is 5.91 Å². The molecule has 3 N–H and O–H groups in total. The third-order valence-electron chi connectivity index (χ3n) is 3.44. The first kappa shape index (κ1) is 15.4. The molecule has 4 heteroatoms. The molecule has 0 aromatic rings. The van der Waals surface area contributed by atoms with Crippen LogP contribution in [-0.4, -0.2) is 30.7 Å². The molecule has 0 radical (unpaired) electrons. The predicted octanol–water partition coefficient (Wildman–Crippen LogP) is 1.82. The smallest absolute Gasteiger partial charge is 0.248 e. The number of ether oxygens (including phenoxy) is 1. The Morgan fingerprint density at radius 1 is 1.28 bits per heavy atom. The second-order valence-electron chi connectivity index (χ2n) is 5.76. The van der Waals surface area contributed by atoms with Crippen molar-refractivity contribution in [3.05, 3.63) is 0 Å². The van der Waals surface area contributed by atoms with Gasteiger partial charge in [-0.05, 0) is 25.7 Å². The highest BCUT2D eigenvalue weighted by Crippen LogP contribution is 2.20. The average Bonchev–Trinajstić information content (AvgIpc) is 2.51. The molecular weight excluding hydrogens is 228 g/mol. The van der Waals surface area contributed by atoms with Gasteiger partial charge in [0.2, 0.25) is 5.91 Å². The van der Waals surface area contributed by atoms with Crippen molar-refractivity contribution < 1.29 is 9.53 Å². The van der Waals surface area contributed by atoms with Crippen molar-refractivity contribution in [1.82, 2.24) is 5.32 Å². The first-order valence-corrected chi connectivity index (χ1v) is 7.19. The van der Waals surface area contributed by atoms with Crippen LogP contribution >= 0.6 is 0 Å². The van der Waals surface area contributed by atoms with Crippen LogP contribution < -0.4 is 11.1 Å². The van der Waals surface area contributed by atoms with Crippen LogP contribution in [-0.2, 0) is 9.53 Å². The zero-order chi connectivity index (χ0) is 13.5. The normalized spacial score (nSPS) is 26.7. The van der Waals surface area contributed by atoms with Crippen molar-refractivity contribution in [2.75, 3.05) is 6.54 Å². The van der Waals surface area contributed by atoms with Crippen LogP contribution in [0.3, 0.4) is 0 Å². The maximum Gasteiger partial charge on any atom is 0.248 e. The van der Waals surface area contributed by atoms with Gasteiger partial charge in [-0.3, -0.25) is 4.79 Å². The van der Waals surface area contributed by atoms with Crippen molar-refractivity contribution in [2.45, 2.75) is 71.1 Å². The van der Waals surface area contributed by atoms with E-state index in [1.807, 2.05) is 6.92 Å². The quantitative estimate of drug-likeness (QED) is 0.738. The fourth-order valence-corrected chi connectivity index (χ4v) is 2.24. The number of carbonyl (C=O) groups excluding carboxylic acids is 1. The van der Waals surface area contributed by atoms with Gasteiger partial charge in [0.05, 0.1) is 6.10 Å². The third kappa shape index (κ3) is 5.36. The molecule has 1 rings (SSSR count). The van der Waals surface area contributed by atoms with Crippen LogP contribution in [0.1, 0.15) is 52.9 Å². The molecule has 1 fully saturated rings. The van der Waals surface area contributed by atoms with E-state index in [0.29, 0.717) is 12.5 Å². The number of rotatable bonds is 5. The van der Waals surface area contributed by atoms with E-state index in [-0.39, 0.29) is 18.1 Å². The Kier molecular flexibility index (Phi) is 6.65. The van der Waals surface area contributed by atoms with Gasteiger partial charge in [0, 0.05) is 12.6 Å². The lowest BCUT2D eigenvalue weighted by Gasteiger charge is -2.25. The van der Waals surface area contributed by atoms with Gasteiger partial charge in [-0.25, -0.2) is 0 Å². The fraction of sp³-hybridized carbons (Fsp3) is 0.929. The monoisotopic (exact) mass is 256 g/mol. The van der Waals surface area contributed by atoms with Crippen molar-refractivity contribution in [1.29, 1.82) is 0 Å². The molecule has 0 heterocycles. The van der Waals surface area contributed by atoms with E-state index in [4.69, 9.17) is 10.5 Å². The van der Waals surface area contributed by atoms with E-state index in [1.165, 1.54) is 12.8 Å². The minimum Gasteiger partial charge on any atom is -0.364 e. The van der Waals surface area contributed by atoms with E-state index < -0.39 is 6.10 Å². The van der Waals surface area contributed by atoms with Crippen LogP contribution in [0, 0.1) is 5.92 Å². The highest BCUT2D eigenvalue weighted by Gasteiger charge is 2.25. The Morgan fingerprint density at radius 2 is 1.94 bits per heavy atom. The maximum atomic E-state index is 11.8. The molecule has 1 amide bonds. The highest BCUT2D eigenvalue weighted by molar-refractivity contribution is 5.80. The summed E-state index contributed by atoms with van der Waals surface area (Å²) in [6, 6.07) is 0.0767. The standard InChI is InChI=1S/C14H28N2O2/c1-10(2)9-16-14(17)11(3)18-13-8-6-4-5-7-12(13)15/h10-13H,4-9,15H2,1-3H3,(H,16,17). The third-order valence-corrected chi connectivity index (χ3v) is 3.44. The van der Waals surface area contributed by atoms with Crippen LogP contribution in [0.4, 0.5) is 0 Å². The fourth-order valence-electron chi connectivity index (χ4n) is 2.24. The Balaban J connectivity index is 2.37. The summed E-state index contributed by atoms with van der Waals surface area (Å²) < 4.78 is 5.84. The molecule has 0 aromatic heterocycles. The molecule has 0 spiro atoms. The van der Waals surface area contributed by atoms with Gasteiger partial charge in [0.25, 0.3) is 0 Å². The zero-order valence-corrected chi connectivity index (χ0v) is 11.9. The summed E-state index contributed by atoms with van der Waals surface area (Å²) in [7, 11) is 0. The van der Waals surface area contributed by atoms with E-state index >= 15 is 0 Å². The number of carbonyl (C=O) groups is 1. The van der Waals surface area contributed by atoms with E-state index in [1.54, 1.807) is 0 Å². The molecule has 18 heavy (non-hydrogen) atoms. The lowest BCUT2D eigenvalue weighted by atomic mass is 10.1. The van der Waals surface area contributed by atoms with Gasteiger partial charge in [-0.1, -0.05) is 33.1 Å². The van der Waals surface area contributed by atoms with E-state index in [0.717, 1.165) is 19.3 Å². The van der Waals surface area contributed by atoms with E-state index in [2.05, 4.69) is 19.2 Å². The lowest BCUT2D eigenvalue weighted by Crippen LogP contribution is -2.43. The van der Waals surface area contributed by atoms with Crippen LogP contribution in [0.25, 0.3) is 0 Å². The van der Waals surface area contributed by atoms with Gasteiger partial charge >= 0.3 is 0 Å². The second-order valence-corrected chi connectivity index (χ2v) is 5.76. The van der Waals surface area contributed by atoms with Gasteiger partial charge in [-0.15, -0.1) is 0 Å². The average molecular weight is 256 g/mol. The van der Waals surface area contributed by atoms with Crippen LogP contribution in [0.15, 0.2) is 0 Å². The van der Waals surface area contributed by atoms with Crippen LogP contribution in [0.2, 0.25) is 0 Å². The van der Waals surface area contributed by atoms with Crippen molar-refractivity contribution in [2.24, 2.45) is 11.7 Å². The topological polar surface area (TPSA) is 64.3 Å². The summed E-state index contributed by atoms with van der Waals surface area (Å²) in [5.41, 5.74) is 6.09. The minimum atomic E-state index is -0.405. The van der Waals surface area contributed by atoms with Crippen molar-refractivity contribution in [3.8, 4) is 0 Å². The summed E-state index contributed by atoms with van der Waals surface area (Å²) >= 11 is 0. The second kappa shape index (κ2) is 7.74. The lowest BCUT2D eigenvalue weighted by molar-refractivity contribution is -0.136. The predicted molar refractivity (Wildman–Crippen MR) is 73.2 cm³/mol. The first-order valence-electron chi connectivity index (χ1n) is 7.19.